The van der Waals surface area contributed by atoms with Crippen molar-refractivity contribution in [3.05, 3.63) is 48.0 Å². The van der Waals surface area contributed by atoms with Gasteiger partial charge in [-0.05, 0) is 62.4 Å². The van der Waals surface area contributed by atoms with Crippen molar-refractivity contribution in [1.82, 2.24) is 4.57 Å². The highest BCUT2D eigenvalue weighted by molar-refractivity contribution is 5.96. The lowest BCUT2D eigenvalue weighted by atomic mass is 9.92. The van der Waals surface area contributed by atoms with Crippen molar-refractivity contribution in [3.8, 4) is 23.1 Å². The van der Waals surface area contributed by atoms with Crippen LogP contribution in [0.5, 0.6) is 5.75 Å². The molecule has 188 valence electrons. The summed E-state index contributed by atoms with van der Waals surface area (Å²) in [5, 5.41) is 13.9. The molecule has 1 N–H and O–H groups in total. The van der Waals surface area contributed by atoms with E-state index in [-0.39, 0.29) is 12.2 Å². The number of hydrogen-bond donors (Lipinski definition) is 1. The molecule has 7 heteroatoms. The molecule has 1 aliphatic heterocycles. The maximum atomic E-state index is 12.1. The smallest absolute Gasteiger partial charge is 0.411 e. The van der Waals surface area contributed by atoms with E-state index in [4.69, 9.17) is 14.2 Å². The van der Waals surface area contributed by atoms with Crippen molar-refractivity contribution in [1.29, 1.82) is 5.26 Å². The average Bonchev–Trinajstić information content (AvgIpc) is 3.17. The Kier molecular flexibility index (Phi) is 7.15. The molecule has 2 fully saturated rings. The highest BCUT2D eigenvalue weighted by atomic mass is 16.6. The number of nitrogens with zero attached hydrogens (tertiary/aromatic N) is 2. The molecular weight excluding hydrogens is 454 g/mol. The van der Waals surface area contributed by atoms with E-state index in [2.05, 4.69) is 22.0 Å². The van der Waals surface area contributed by atoms with Gasteiger partial charge in [-0.2, -0.15) is 5.26 Å². The number of carbonyl (C=O) groups excluding carboxylic acids is 1. The van der Waals surface area contributed by atoms with Crippen molar-refractivity contribution >= 4 is 22.7 Å². The molecule has 2 aliphatic rings. The van der Waals surface area contributed by atoms with Crippen LogP contribution in [0.3, 0.4) is 0 Å². The molecule has 1 saturated carbocycles. The molecule has 2 aromatic carbocycles. The van der Waals surface area contributed by atoms with Gasteiger partial charge >= 0.3 is 6.09 Å². The second kappa shape index (κ2) is 10.6. The number of rotatable bonds is 7. The fraction of sp³-hybridized carbons (Fsp3) is 0.448. The van der Waals surface area contributed by atoms with E-state index in [9.17, 15) is 10.1 Å². The highest BCUT2D eigenvalue weighted by Gasteiger charge is 2.28. The Balaban J connectivity index is 1.49. The van der Waals surface area contributed by atoms with Gasteiger partial charge in [-0.25, -0.2) is 4.79 Å². The molecule has 0 bridgehead atoms. The lowest BCUT2D eigenvalue weighted by molar-refractivity contribution is 0.0256. The van der Waals surface area contributed by atoms with Crippen molar-refractivity contribution in [2.45, 2.75) is 70.6 Å². The second-order valence-corrected chi connectivity index (χ2v) is 9.73. The van der Waals surface area contributed by atoms with Crippen LogP contribution in [0, 0.1) is 11.3 Å². The Morgan fingerprint density at radius 1 is 1.17 bits per heavy atom. The first kappa shape index (κ1) is 24.2. The fourth-order valence-corrected chi connectivity index (χ4v) is 4.90. The predicted molar refractivity (Wildman–Crippen MR) is 139 cm³/mol. The Bertz CT molecular complexity index is 1260. The Hall–Kier alpha value is -3.50. The third-order valence-corrected chi connectivity index (χ3v) is 7.29. The summed E-state index contributed by atoms with van der Waals surface area (Å²) < 4.78 is 19.4. The van der Waals surface area contributed by atoms with Gasteiger partial charge in [0.2, 0.25) is 0 Å². The molecule has 1 aliphatic carbocycles. The summed E-state index contributed by atoms with van der Waals surface area (Å²) in [5.41, 5.74) is 4.24. The minimum Gasteiger partial charge on any atom is -0.490 e. The molecular formula is C29H33N3O4. The first-order chi connectivity index (χ1) is 17.6. The molecule has 5 rings (SSSR count). The van der Waals surface area contributed by atoms with E-state index in [1.807, 2.05) is 50.2 Å². The number of carbonyl (C=O) groups is 1. The lowest BCUT2D eigenvalue weighted by Crippen LogP contribution is -2.25. The van der Waals surface area contributed by atoms with Gasteiger partial charge in [-0.1, -0.05) is 19.1 Å². The minimum absolute atomic E-state index is 0.138. The normalized spacial score (nSPS) is 17.2. The molecule has 3 aromatic rings. The van der Waals surface area contributed by atoms with Crippen LogP contribution in [0.25, 0.3) is 22.2 Å². The zero-order valence-electron chi connectivity index (χ0n) is 21.0. The average molecular weight is 488 g/mol. The van der Waals surface area contributed by atoms with Crippen molar-refractivity contribution in [3.63, 3.8) is 0 Å². The van der Waals surface area contributed by atoms with E-state index < -0.39 is 6.09 Å². The first-order valence-electron chi connectivity index (χ1n) is 13.0. The van der Waals surface area contributed by atoms with Gasteiger partial charge in [0.1, 0.15) is 24.0 Å². The van der Waals surface area contributed by atoms with Crippen LogP contribution in [0.15, 0.2) is 42.5 Å². The van der Waals surface area contributed by atoms with Gasteiger partial charge in [0, 0.05) is 36.0 Å². The number of fused-ring (bicyclic) bond motifs is 1. The lowest BCUT2D eigenvalue weighted by Gasteiger charge is -2.30. The summed E-state index contributed by atoms with van der Waals surface area (Å²) in [5.74, 6) is 0.836. The first-order valence-corrected chi connectivity index (χ1v) is 13.0. The number of nitriles is 1. The van der Waals surface area contributed by atoms with Crippen molar-refractivity contribution < 1.29 is 19.0 Å². The van der Waals surface area contributed by atoms with Crippen LogP contribution in [-0.4, -0.2) is 36.1 Å². The summed E-state index contributed by atoms with van der Waals surface area (Å²) in [6.07, 6.45) is 5.47. The molecule has 36 heavy (non-hydrogen) atoms. The van der Waals surface area contributed by atoms with Crippen LogP contribution in [0.4, 0.5) is 10.5 Å². The van der Waals surface area contributed by atoms with Gasteiger partial charge in [0.25, 0.3) is 0 Å². The number of hydrogen-bond acceptors (Lipinski definition) is 5. The van der Waals surface area contributed by atoms with E-state index in [0.717, 1.165) is 73.2 Å². The van der Waals surface area contributed by atoms with Crippen molar-refractivity contribution in [2.75, 3.05) is 18.5 Å². The zero-order chi connectivity index (χ0) is 25.1. The summed E-state index contributed by atoms with van der Waals surface area (Å²) in [6, 6.07) is 16.5. The van der Waals surface area contributed by atoms with E-state index >= 15 is 0 Å². The van der Waals surface area contributed by atoms with Gasteiger partial charge in [0.05, 0.1) is 30.0 Å². The number of aromatic nitrogens is 1. The molecule has 2 heterocycles. The Morgan fingerprint density at radius 3 is 2.56 bits per heavy atom. The molecule has 0 unspecified atom stereocenters. The van der Waals surface area contributed by atoms with E-state index in [0.29, 0.717) is 17.3 Å². The SMILES string of the molecule is CC[C@@H](C)OC(=O)Nc1ccc(-c2c(C#N)c3ccc(OC4CCOCC4)cc3n2C2CCC2)cc1. The van der Waals surface area contributed by atoms with Crippen LogP contribution in [0.1, 0.15) is 64.0 Å². The third kappa shape index (κ3) is 4.91. The molecule has 1 aromatic heterocycles. The maximum Gasteiger partial charge on any atom is 0.411 e. The van der Waals surface area contributed by atoms with Gasteiger partial charge in [-0.3, -0.25) is 5.32 Å². The van der Waals surface area contributed by atoms with Crippen molar-refractivity contribution in [2.24, 2.45) is 0 Å². The van der Waals surface area contributed by atoms with Crippen LogP contribution >= 0.6 is 0 Å². The number of benzene rings is 2. The quantitative estimate of drug-likeness (QED) is 0.396. The van der Waals surface area contributed by atoms with Gasteiger partial charge in [0.15, 0.2) is 0 Å². The second-order valence-electron chi connectivity index (χ2n) is 9.73. The van der Waals surface area contributed by atoms with Crippen LogP contribution in [-0.2, 0) is 9.47 Å². The third-order valence-electron chi connectivity index (χ3n) is 7.29. The summed E-state index contributed by atoms with van der Waals surface area (Å²) >= 11 is 0. The largest absolute Gasteiger partial charge is 0.490 e. The molecule has 1 atom stereocenters. The monoisotopic (exact) mass is 487 g/mol. The molecule has 0 radical (unpaired) electrons. The Morgan fingerprint density at radius 2 is 1.92 bits per heavy atom. The molecule has 0 spiro atoms. The zero-order valence-corrected chi connectivity index (χ0v) is 21.0. The summed E-state index contributed by atoms with van der Waals surface area (Å²) in [4.78, 5) is 12.1. The number of amides is 1. The van der Waals surface area contributed by atoms with E-state index in [1.54, 1.807) is 0 Å². The molecule has 1 saturated heterocycles. The standard InChI is InChI=1S/C29H33N3O4/c1-3-19(2)35-29(33)31-21-9-7-20(8-10-21)28-26(18-30)25-12-11-24(36-23-13-15-34-16-14-23)17-27(25)32(28)22-5-4-6-22/h7-12,17,19,22-23H,3-6,13-16H2,1-2H3,(H,31,33)/t19-/m1/s1. The number of anilines is 1. The van der Waals surface area contributed by atoms with Crippen LogP contribution in [0.2, 0.25) is 0 Å². The van der Waals surface area contributed by atoms with Gasteiger partial charge in [-0.15, -0.1) is 0 Å². The minimum atomic E-state index is -0.463. The predicted octanol–water partition coefficient (Wildman–Crippen LogP) is 6.81. The summed E-state index contributed by atoms with van der Waals surface area (Å²) in [6.45, 7) is 5.30. The highest BCUT2D eigenvalue weighted by Crippen LogP contribution is 2.43. The molecule has 1 amide bonds. The maximum absolute atomic E-state index is 12.1. The summed E-state index contributed by atoms with van der Waals surface area (Å²) in [7, 11) is 0. The Labute approximate surface area is 211 Å². The fourth-order valence-electron chi connectivity index (χ4n) is 4.90. The topological polar surface area (TPSA) is 85.5 Å². The van der Waals surface area contributed by atoms with E-state index in [1.165, 1.54) is 6.42 Å². The number of ether oxygens (including phenoxy) is 3. The number of nitrogens with one attached hydrogen (secondary N) is 1. The van der Waals surface area contributed by atoms with Crippen LogP contribution < -0.4 is 10.1 Å². The van der Waals surface area contributed by atoms with Gasteiger partial charge < -0.3 is 18.8 Å². The molecule has 7 nitrogen and oxygen atoms in total.